The summed E-state index contributed by atoms with van der Waals surface area (Å²) in [4.78, 5) is 17.0. The summed E-state index contributed by atoms with van der Waals surface area (Å²) in [6.45, 7) is 1.92. The number of thiocarbonyl (C=S) groups is 1. The van der Waals surface area contributed by atoms with Gasteiger partial charge < -0.3 is 11.1 Å². The van der Waals surface area contributed by atoms with Gasteiger partial charge in [-0.15, -0.1) is 0 Å². The van der Waals surface area contributed by atoms with Crippen LogP contribution in [-0.2, 0) is 0 Å². The molecule has 1 aromatic heterocycles. The molecule has 1 saturated carbocycles. The van der Waals surface area contributed by atoms with Gasteiger partial charge in [0.25, 0.3) is 5.91 Å². The second kappa shape index (κ2) is 6.98. The minimum atomic E-state index is -0.545. The van der Waals surface area contributed by atoms with Crippen LogP contribution >= 0.6 is 12.2 Å². The van der Waals surface area contributed by atoms with E-state index in [4.69, 9.17) is 18.0 Å². The van der Waals surface area contributed by atoms with E-state index in [-0.39, 0.29) is 5.91 Å². The molecule has 0 unspecified atom stereocenters. The van der Waals surface area contributed by atoms with Crippen LogP contribution < -0.4 is 11.1 Å². The molecule has 5 heteroatoms. The van der Waals surface area contributed by atoms with E-state index >= 15 is 0 Å². The molecule has 21 heavy (non-hydrogen) atoms. The van der Waals surface area contributed by atoms with Crippen LogP contribution in [0.5, 0.6) is 0 Å². The van der Waals surface area contributed by atoms with E-state index < -0.39 is 5.54 Å². The third-order valence-corrected chi connectivity index (χ3v) is 4.56. The van der Waals surface area contributed by atoms with Crippen LogP contribution in [0, 0.1) is 6.92 Å². The molecule has 3 N–H and O–H groups in total. The number of pyridine rings is 1. The molecule has 1 amide bonds. The van der Waals surface area contributed by atoms with Gasteiger partial charge in [-0.25, -0.2) is 0 Å². The molecule has 1 aliphatic carbocycles. The van der Waals surface area contributed by atoms with Crippen molar-refractivity contribution < 1.29 is 4.79 Å². The van der Waals surface area contributed by atoms with E-state index in [2.05, 4.69) is 10.3 Å². The number of carbonyl (C=O) groups excluding carboxylic acids is 1. The number of amides is 1. The van der Waals surface area contributed by atoms with Crippen LogP contribution in [0.2, 0.25) is 0 Å². The van der Waals surface area contributed by atoms with Crippen molar-refractivity contribution in [2.75, 3.05) is 0 Å². The Kier molecular flexibility index (Phi) is 5.28. The summed E-state index contributed by atoms with van der Waals surface area (Å²) in [5.41, 5.74) is 6.96. The lowest BCUT2D eigenvalue weighted by Crippen LogP contribution is -2.57. The highest BCUT2D eigenvalue weighted by Gasteiger charge is 2.35. The number of nitrogens with one attached hydrogen (secondary N) is 1. The number of hydrogen-bond acceptors (Lipinski definition) is 3. The molecule has 0 aliphatic heterocycles. The Labute approximate surface area is 131 Å². The smallest absolute Gasteiger partial charge is 0.253 e. The summed E-state index contributed by atoms with van der Waals surface area (Å²) in [5.74, 6) is -0.139. The summed E-state index contributed by atoms with van der Waals surface area (Å²) >= 11 is 5.27. The van der Waals surface area contributed by atoms with Crippen molar-refractivity contribution in [2.45, 2.75) is 57.4 Å². The van der Waals surface area contributed by atoms with Gasteiger partial charge in [0, 0.05) is 12.4 Å². The van der Waals surface area contributed by atoms with E-state index in [0.717, 1.165) is 31.2 Å². The molecule has 1 fully saturated rings. The van der Waals surface area contributed by atoms with Crippen LogP contribution in [0.1, 0.15) is 60.9 Å². The standard InChI is InChI=1S/C16H23N3OS/c1-12-9-13(11-18-10-12)14(20)19-16(15(17)21)7-5-3-2-4-6-8-16/h9-11H,2-8H2,1H3,(H2,17,21)(H,19,20). The monoisotopic (exact) mass is 305 g/mol. The molecule has 1 heterocycles. The van der Waals surface area contributed by atoms with Crippen molar-refractivity contribution in [1.82, 2.24) is 10.3 Å². The van der Waals surface area contributed by atoms with Gasteiger partial charge in [-0.1, -0.05) is 44.3 Å². The Morgan fingerprint density at radius 3 is 2.43 bits per heavy atom. The zero-order valence-electron chi connectivity index (χ0n) is 12.5. The third kappa shape index (κ3) is 4.00. The highest BCUT2D eigenvalue weighted by Crippen LogP contribution is 2.27. The number of rotatable bonds is 3. The first-order chi connectivity index (χ1) is 10.0. The normalized spacial score (nSPS) is 18.3. The molecule has 0 atom stereocenters. The summed E-state index contributed by atoms with van der Waals surface area (Å²) < 4.78 is 0. The van der Waals surface area contributed by atoms with Crippen LogP contribution in [0.15, 0.2) is 18.5 Å². The topological polar surface area (TPSA) is 68.0 Å². The van der Waals surface area contributed by atoms with Gasteiger partial charge in [0.1, 0.15) is 0 Å². The van der Waals surface area contributed by atoms with Gasteiger partial charge in [0.05, 0.1) is 16.1 Å². The highest BCUT2D eigenvalue weighted by molar-refractivity contribution is 7.80. The van der Waals surface area contributed by atoms with Crippen molar-refractivity contribution in [1.29, 1.82) is 0 Å². The lowest BCUT2D eigenvalue weighted by molar-refractivity contribution is 0.0912. The van der Waals surface area contributed by atoms with Gasteiger partial charge in [-0.05, 0) is 31.4 Å². The summed E-state index contributed by atoms with van der Waals surface area (Å²) in [6.07, 6.45) is 10.7. The fourth-order valence-corrected chi connectivity index (χ4v) is 3.17. The van der Waals surface area contributed by atoms with E-state index in [1.807, 2.05) is 13.0 Å². The minimum absolute atomic E-state index is 0.139. The summed E-state index contributed by atoms with van der Waals surface area (Å²) in [5, 5.41) is 3.10. The van der Waals surface area contributed by atoms with E-state index in [0.29, 0.717) is 10.6 Å². The third-order valence-electron chi connectivity index (χ3n) is 4.17. The number of carbonyl (C=O) groups is 1. The van der Waals surface area contributed by atoms with E-state index in [1.165, 1.54) is 19.3 Å². The molecule has 0 radical (unpaired) electrons. The summed E-state index contributed by atoms with van der Waals surface area (Å²) in [7, 11) is 0. The average Bonchev–Trinajstić information content (AvgIpc) is 2.41. The first kappa shape index (κ1) is 15.9. The molecule has 4 nitrogen and oxygen atoms in total. The fourth-order valence-electron chi connectivity index (χ4n) is 2.91. The minimum Gasteiger partial charge on any atom is -0.391 e. The highest BCUT2D eigenvalue weighted by atomic mass is 32.1. The molecule has 0 aromatic carbocycles. The van der Waals surface area contributed by atoms with Gasteiger partial charge in [-0.3, -0.25) is 9.78 Å². The summed E-state index contributed by atoms with van der Waals surface area (Å²) in [6, 6.07) is 1.83. The quantitative estimate of drug-likeness (QED) is 0.843. The molecule has 1 aliphatic rings. The average molecular weight is 305 g/mol. The maximum absolute atomic E-state index is 12.5. The van der Waals surface area contributed by atoms with Gasteiger partial charge in [0.15, 0.2) is 0 Å². The van der Waals surface area contributed by atoms with Crippen molar-refractivity contribution >= 4 is 23.1 Å². The first-order valence-corrected chi connectivity index (χ1v) is 7.98. The fraction of sp³-hybridized carbons (Fsp3) is 0.562. The molecule has 1 aromatic rings. The van der Waals surface area contributed by atoms with Crippen LogP contribution in [0.4, 0.5) is 0 Å². The van der Waals surface area contributed by atoms with Crippen molar-refractivity contribution in [3.63, 3.8) is 0 Å². The zero-order chi connectivity index (χ0) is 15.3. The molecule has 114 valence electrons. The Hall–Kier alpha value is -1.49. The lowest BCUT2D eigenvalue weighted by Gasteiger charge is -2.35. The molecular weight excluding hydrogens is 282 g/mol. The second-order valence-electron chi connectivity index (χ2n) is 5.92. The number of hydrogen-bond donors (Lipinski definition) is 2. The van der Waals surface area contributed by atoms with Crippen LogP contribution in [0.3, 0.4) is 0 Å². The Balaban J connectivity index is 2.18. The number of aryl methyl sites for hydroxylation is 1. The predicted octanol–water partition coefficient (Wildman–Crippen LogP) is 2.89. The molecular formula is C16H23N3OS. The lowest BCUT2D eigenvalue weighted by atomic mass is 9.83. The Morgan fingerprint density at radius 1 is 1.24 bits per heavy atom. The van der Waals surface area contributed by atoms with Crippen molar-refractivity contribution in [3.8, 4) is 0 Å². The predicted molar refractivity (Wildman–Crippen MR) is 88.3 cm³/mol. The second-order valence-corrected chi connectivity index (χ2v) is 6.36. The maximum atomic E-state index is 12.5. The van der Waals surface area contributed by atoms with E-state index in [9.17, 15) is 4.79 Å². The largest absolute Gasteiger partial charge is 0.391 e. The number of aromatic nitrogens is 1. The molecule has 2 rings (SSSR count). The zero-order valence-corrected chi connectivity index (χ0v) is 13.3. The van der Waals surface area contributed by atoms with Gasteiger partial charge in [-0.2, -0.15) is 0 Å². The number of nitrogens with zero attached hydrogens (tertiary/aromatic N) is 1. The first-order valence-electron chi connectivity index (χ1n) is 7.58. The molecule has 0 saturated heterocycles. The molecule has 0 bridgehead atoms. The Morgan fingerprint density at radius 2 is 1.86 bits per heavy atom. The van der Waals surface area contributed by atoms with E-state index in [1.54, 1.807) is 12.4 Å². The van der Waals surface area contributed by atoms with Gasteiger partial charge >= 0.3 is 0 Å². The van der Waals surface area contributed by atoms with Crippen molar-refractivity contribution in [2.24, 2.45) is 5.73 Å². The van der Waals surface area contributed by atoms with Crippen molar-refractivity contribution in [3.05, 3.63) is 29.6 Å². The van der Waals surface area contributed by atoms with Crippen LogP contribution in [-0.4, -0.2) is 21.4 Å². The molecule has 0 spiro atoms. The van der Waals surface area contributed by atoms with Crippen LogP contribution in [0.25, 0.3) is 0 Å². The maximum Gasteiger partial charge on any atom is 0.253 e. The SMILES string of the molecule is Cc1cncc(C(=O)NC2(C(N)=S)CCCCCCC2)c1. The number of nitrogens with two attached hydrogens (primary N) is 1. The Bertz CT molecular complexity index is 522. The van der Waals surface area contributed by atoms with Gasteiger partial charge in [0.2, 0.25) is 0 Å².